The van der Waals surface area contributed by atoms with Crippen LogP contribution in [0.15, 0.2) is 18.2 Å². The van der Waals surface area contributed by atoms with E-state index in [1.54, 1.807) is 6.07 Å². The van der Waals surface area contributed by atoms with Crippen molar-refractivity contribution in [2.24, 2.45) is 5.92 Å². The summed E-state index contributed by atoms with van der Waals surface area (Å²) in [4.78, 5) is 39.6. The van der Waals surface area contributed by atoms with Crippen LogP contribution in [0.5, 0.6) is 0 Å². The van der Waals surface area contributed by atoms with Gasteiger partial charge in [0.25, 0.3) is 0 Å². The lowest BCUT2D eigenvalue weighted by Gasteiger charge is -2.39. The highest BCUT2D eigenvalue weighted by molar-refractivity contribution is 7.90. The Bertz CT molecular complexity index is 978. The van der Waals surface area contributed by atoms with Gasteiger partial charge in [0.15, 0.2) is 0 Å². The van der Waals surface area contributed by atoms with E-state index in [9.17, 15) is 18.9 Å². The number of aryl methyl sites for hydroxylation is 1. The molecule has 0 spiro atoms. The predicted molar refractivity (Wildman–Crippen MR) is 124 cm³/mol. The highest BCUT2D eigenvalue weighted by Gasteiger charge is 2.49. The Balaban J connectivity index is 1.60. The fraction of sp³-hybridized carbons (Fsp3) is 0.625. The van der Waals surface area contributed by atoms with Crippen molar-refractivity contribution in [3.63, 3.8) is 0 Å². The standard InChI is InChI=1S/C24H32FN3O5S/c1-23(2,3)34(32)27-24(11-7-15-5-4-6-18(25)19(15)24)12-8-17-20(29)26-22(31)28(21(17)30)16-9-13-33-14-10-16/h4-6,16-17,27H,7-14H2,1-3H3,(H,26,29,31)/t17?,24-,34+/m1/s1. The van der Waals surface area contributed by atoms with Gasteiger partial charge in [-0.2, -0.15) is 0 Å². The van der Waals surface area contributed by atoms with E-state index in [0.29, 0.717) is 44.5 Å². The van der Waals surface area contributed by atoms with Gasteiger partial charge in [0.2, 0.25) is 11.8 Å². The van der Waals surface area contributed by atoms with Crippen LogP contribution < -0.4 is 10.0 Å². The summed E-state index contributed by atoms with van der Waals surface area (Å²) in [6.07, 6.45) is 2.46. The Hall–Kier alpha value is -2.01. The van der Waals surface area contributed by atoms with Crippen molar-refractivity contribution < 1.29 is 28.1 Å². The maximum atomic E-state index is 15.1. The molecule has 2 saturated heterocycles. The number of amides is 4. The quantitative estimate of drug-likeness (QED) is 0.466. The minimum absolute atomic E-state index is 0.0970. The number of hydrogen-bond donors (Lipinski definition) is 2. The van der Waals surface area contributed by atoms with Gasteiger partial charge in [-0.15, -0.1) is 4.72 Å². The van der Waals surface area contributed by atoms with Crippen molar-refractivity contribution in [1.82, 2.24) is 14.9 Å². The number of imide groups is 2. The molecule has 2 fully saturated rings. The first kappa shape index (κ1) is 25.1. The number of nitrogens with zero attached hydrogens (tertiary/aromatic N) is 1. The Morgan fingerprint density at radius 2 is 1.97 bits per heavy atom. The smallest absolute Gasteiger partial charge is 0.331 e. The predicted octanol–water partition coefficient (Wildman–Crippen LogP) is 2.67. The second-order valence-electron chi connectivity index (χ2n) is 10.3. The van der Waals surface area contributed by atoms with Crippen molar-refractivity contribution in [2.75, 3.05) is 13.2 Å². The largest absolute Gasteiger partial charge is 0.598 e. The van der Waals surface area contributed by atoms with Crippen LogP contribution in [0, 0.1) is 11.7 Å². The topological polar surface area (TPSA) is 111 Å². The molecule has 0 radical (unpaired) electrons. The molecule has 1 aromatic carbocycles. The molecule has 2 aliphatic heterocycles. The van der Waals surface area contributed by atoms with Gasteiger partial charge >= 0.3 is 6.03 Å². The second kappa shape index (κ2) is 9.56. The molecule has 0 saturated carbocycles. The Morgan fingerprint density at radius 1 is 1.26 bits per heavy atom. The summed E-state index contributed by atoms with van der Waals surface area (Å²) in [5, 5.41) is 2.32. The van der Waals surface area contributed by atoms with E-state index in [4.69, 9.17) is 4.74 Å². The molecule has 0 aromatic heterocycles. The van der Waals surface area contributed by atoms with Crippen molar-refractivity contribution in [2.45, 2.75) is 75.6 Å². The molecule has 4 rings (SSSR count). The molecule has 2 heterocycles. The number of urea groups is 1. The number of hydrogen-bond acceptors (Lipinski definition) is 6. The zero-order valence-corrected chi connectivity index (χ0v) is 20.6. The first-order valence-corrected chi connectivity index (χ1v) is 12.9. The van der Waals surface area contributed by atoms with Gasteiger partial charge in [-0.3, -0.25) is 19.8 Å². The summed E-state index contributed by atoms with van der Waals surface area (Å²) in [6, 6.07) is 3.87. The Labute approximate surface area is 202 Å². The van der Waals surface area contributed by atoms with Crippen LogP contribution in [-0.2, 0) is 37.6 Å². The molecule has 10 heteroatoms. The molecule has 1 aromatic rings. The maximum absolute atomic E-state index is 15.1. The molecule has 3 aliphatic rings. The Morgan fingerprint density at radius 3 is 2.65 bits per heavy atom. The molecule has 4 amide bonds. The average molecular weight is 494 g/mol. The van der Waals surface area contributed by atoms with Gasteiger partial charge in [0.1, 0.15) is 16.5 Å². The van der Waals surface area contributed by atoms with Crippen LogP contribution in [0.2, 0.25) is 0 Å². The van der Waals surface area contributed by atoms with Crippen molar-refractivity contribution in [1.29, 1.82) is 0 Å². The average Bonchev–Trinajstić information content (AvgIpc) is 3.13. The normalized spacial score (nSPS) is 27.0. The van der Waals surface area contributed by atoms with E-state index in [2.05, 4.69) is 10.0 Å². The number of barbiturate groups is 1. The van der Waals surface area contributed by atoms with Gasteiger partial charge in [-0.25, -0.2) is 9.18 Å². The SMILES string of the molecule is CC(C)(C)[S@+]([O-])N[C@@]1(CCC2C(=O)NC(=O)N(C3CCOCC3)C2=O)CCc2cccc(F)c21. The summed E-state index contributed by atoms with van der Waals surface area (Å²) < 4.78 is 36.1. The number of carbonyl (C=O) groups excluding carboxylic acids is 3. The van der Waals surface area contributed by atoms with Gasteiger partial charge in [-0.1, -0.05) is 12.1 Å². The van der Waals surface area contributed by atoms with E-state index in [0.717, 1.165) is 10.5 Å². The summed E-state index contributed by atoms with van der Waals surface area (Å²) >= 11 is -1.50. The fourth-order valence-corrected chi connectivity index (χ4v) is 6.05. The van der Waals surface area contributed by atoms with E-state index in [1.165, 1.54) is 6.07 Å². The third-order valence-electron chi connectivity index (χ3n) is 6.96. The highest BCUT2D eigenvalue weighted by Crippen LogP contribution is 2.44. The number of fused-ring (bicyclic) bond motifs is 1. The number of nitrogens with one attached hydrogen (secondary N) is 2. The summed E-state index contributed by atoms with van der Waals surface area (Å²) in [5.74, 6) is -2.64. The minimum atomic E-state index is -1.50. The van der Waals surface area contributed by atoms with Gasteiger partial charge in [0, 0.05) is 36.2 Å². The third-order valence-corrected chi connectivity index (χ3v) is 8.65. The van der Waals surface area contributed by atoms with Crippen LogP contribution >= 0.6 is 0 Å². The van der Waals surface area contributed by atoms with Gasteiger partial charge in [0.05, 0.1) is 5.54 Å². The van der Waals surface area contributed by atoms with Crippen molar-refractivity contribution >= 4 is 29.2 Å². The van der Waals surface area contributed by atoms with E-state index >= 15 is 4.39 Å². The second-order valence-corrected chi connectivity index (χ2v) is 12.2. The molecule has 8 nitrogen and oxygen atoms in total. The molecular weight excluding hydrogens is 461 g/mol. The lowest BCUT2D eigenvalue weighted by molar-refractivity contribution is -0.145. The summed E-state index contributed by atoms with van der Waals surface area (Å²) in [6.45, 7) is 6.38. The first-order chi connectivity index (χ1) is 16.0. The highest BCUT2D eigenvalue weighted by atomic mass is 32.2. The molecule has 0 bridgehead atoms. The first-order valence-electron chi connectivity index (χ1n) is 11.8. The van der Waals surface area contributed by atoms with Gasteiger partial charge < -0.3 is 9.29 Å². The Kier molecular flexibility index (Phi) is 7.06. The number of halogens is 1. The fourth-order valence-electron chi connectivity index (χ4n) is 5.09. The van der Waals surface area contributed by atoms with Crippen LogP contribution in [0.25, 0.3) is 0 Å². The van der Waals surface area contributed by atoms with Crippen molar-refractivity contribution in [3.05, 3.63) is 35.1 Å². The van der Waals surface area contributed by atoms with E-state index < -0.39 is 51.2 Å². The number of rotatable bonds is 6. The molecule has 1 aliphatic carbocycles. The molecule has 1 unspecified atom stereocenters. The van der Waals surface area contributed by atoms with Crippen molar-refractivity contribution in [3.8, 4) is 0 Å². The minimum Gasteiger partial charge on any atom is -0.598 e. The third kappa shape index (κ3) is 4.73. The molecule has 34 heavy (non-hydrogen) atoms. The maximum Gasteiger partial charge on any atom is 0.331 e. The molecule has 3 atom stereocenters. The van der Waals surface area contributed by atoms with E-state index in [-0.39, 0.29) is 18.9 Å². The number of benzene rings is 1. The monoisotopic (exact) mass is 493 g/mol. The lowest BCUT2D eigenvalue weighted by atomic mass is 9.83. The van der Waals surface area contributed by atoms with Crippen LogP contribution in [0.3, 0.4) is 0 Å². The zero-order chi connectivity index (χ0) is 24.7. The van der Waals surface area contributed by atoms with Crippen LogP contribution in [0.1, 0.15) is 64.0 Å². The molecular formula is C24H32FN3O5S. The number of carbonyl (C=O) groups is 3. The zero-order valence-electron chi connectivity index (χ0n) is 19.8. The number of ether oxygens (including phenoxy) is 1. The molecule has 2 N–H and O–H groups in total. The van der Waals surface area contributed by atoms with Crippen LogP contribution in [-0.4, -0.2) is 51.3 Å². The van der Waals surface area contributed by atoms with E-state index in [1.807, 2.05) is 26.8 Å². The summed E-state index contributed by atoms with van der Waals surface area (Å²) in [7, 11) is 0. The van der Waals surface area contributed by atoms with Crippen LogP contribution in [0.4, 0.5) is 9.18 Å². The summed E-state index contributed by atoms with van der Waals surface area (Å²) in [5.41, 5.74) is 0.301. The molecule has 186 valence electrons. The van der Waals surface area contributed by atoms with Gasteiger partial charge in [-0.05, 0) is 70.9 Å². The lowest BCUT2D eigenvalue weighted by Crippen LogP contribution is -2.62.